The molecule has 0 unspecified atom stereocenters. The molecule has 0 bridgehead atoms. The molecule has 6 heteroatoms. The van der Waals surface area contributed by atoms with E-state index in [9.17, 15) is 9.18 Å². The fourth-order valence-corrected chi connectivity index (χ4v) is 5.26. The maximum Gasteiger partial charge on any atom is 0.252 e. The lowest BCUT2D eigenvalue weighted by Crippen LogP contribution is -2.47. The van der Waals surface area contributed by atoms with E-state index in [2.05, 4.69) is 26.2 Å². The summed E-state index contributed by atoms with van der Waals surface area (Å²) in [6, 6.07) is 14.0. The number of hydrogen-bond acceptors (Lipinski definition) is 4. The van der Waals surface area contributed by atoms with Gasteiger partial charge >= 0.3 is 0 Å². The van der Waals surface area contributed by atoms with Crippen LogP contribution in [0.3, 0.4) is 0 Å². The Hall–Kier alpha value is -2.99. The summed E-state index contributed by atoms with van der Waals surface area (Å²) in [7, 11) is 0. The van der Waals surface area contributed by atoms with E-state index < -0.39 is 5.54 Å². The first kappa shape index (κ1) is 20.6. The van der Waals surface area contributed by atoms with Gasteiger partial charge in [0.05, 0.1) is 5.54 Å². The van der Waals surface area contributed by atoms with Gasteiger partial charge in [-0.3, -0.25) is 14.7 Å². The number of carbonyl (C=O) groups excluding carboxylic acids is 1. The second kappa shape index (κ2) is 7.80. The van der Waals surface area contributed by atoms with Crippen LogP contribution in [0, 0.1) is 12.7 Å². The van der Waals surface area contributed by atoms with Crippen molar-refractivity contribution in [1.82, 2.24) is 15.2 Å². The smallest absolute Gasteiger partial charge is 0.252 e. The summed E-state index contributed by atoms with van der Waals surface area (Å²) < 4.78 is 14.3. The number of benzene rings is 2. The lowest BCUT2D eigenvalue weighted by Gasteiger charge is -2.36. The third kappa shape index (κ3) is 3.76. The number of hydrogen-bond donors (Lipinski definition) is 1. The van der Waals surface area contributed by atoms with Crippen LogP contribution in [0.5, 0.6) is 0 Å². The highest BCUT2D eigenvalue weighted by molar-refractivity contribution is 5.98. The number of amides is 1. The van der Waals surface area contributed by atoms with Gasteiger partial charge in [0.25, 0.3) is 5.91 Å². The molecule has 33 heavy (non-hydrogen) atoms. The summed E-state index contributed by atoms with van der Waals surface area (Å²) in [5.74, 6) is -0.397. The summed E-state index contributed by atoms with van der Waals surface area (Å²) in [5, 5.41) is 4.07. The number of aromatic nitrogens is 1. The highest BCUT2D eigenvalue weighted by Gasteiger charge is 2.47. The Bertz CT molecular complexity index is 1230. The minimum atomic E-state index is -0.454. The predicted molar refractivity (Wildman–Crippen MR) is 128 cm³/mol. The minimum absolute atomic E-state index is 0.0650. The van der Waals surface area contributed by atoms with E-state index in [4.69, 9.17) is 0 Å². The number of pyridine rings is 1. The van der Waals surface area contributed by atoms with Gasteiger partial charge in [-0.15, -0.1) is 0 Å². The van der Waals surface area contributed by atoms with E-state index in [0.29, 0.717) is 11.1 Å². The van der Waals surface area contributed by atoms with Crippen LogP contribution in [0.15, 0.2) is 48.7 Å². The largest absolute Gasteiger partial charge is 0.369 e. The Morgan fingerprint density at radius 1 is 1.09 bits per heavy atom. The quantitative estimate of drug-likeness (QED) is 0.634. The van der Waals surface area contributed by atoms with Crippen LogP contribution in [0.4, 0.5) is 10.1 Å². The minimum Gasteiger partial charge on any atom is -0.369 e. The summed E-state index contributed by atoms with van der Waals surface area (Å²) >= 11 is 0. The van der Waals surface area contributed by atoms with Crippen molar-refractivity contribution in [1.29, 1.82) is 0 Å². The molecule has 1 aromatic heterocycles. The molecule has 170 valence electrons. The Balaban J connectivity index is 1.24. The van der Waals surface area contributed by atoms with Gasteiger partial charge in [-0.1, -0.05) is 18.2 Å². The molecule has 3 fully saturated rings. The number of aryl methyl sites for hydroxylation is 1. The molecule has 0 radical (unpaired) electrons. The van der Waals surface area contributed by atoms with Crippen LogP contribution in [0.25, 0.3) is 10.9 Å². The summed E-state index contributed by atoms with van der Waals surface area (Å²) in [6.45, 7) is 6.17. The van der Waals surface area contributed by atoms with Gasteiger partial charge < -0.3 is 10.2 Å². The first-order valence-corrected chi connectivity index (χ1v) is 12.0. The van der Waals surface area contributed by atoms with Gasteiger partial charge in [-0.05, 0) is 68.0 Å². The van der Waals surface area contributed by atoms with Crippen LogP contribution < -0.4 is 10.2 Å². The summed E-state index contributed by atoms with van der Waals surface area (Å²) in [5.41, 5.74) is 3.65. The monoisotopic (exact) mass is 444 g/mol. The molecule has 1 amide bonds. The van der Waals surface area contributed by atoms with Crippen molar-refractivity contribution in [3.05, 3.63) is 71.2 Å². The number of nitrogens with one attached hydrogen (secondary N) is 1. The molecule has 1 N–H and O–H groups in total. The summed E-state index contributed by atoms with van der Waals surface area (Å²) in [6.07, 6.45) is 5.98. The second-order valence-electron chi connectivity index (χ2n) is 9.78. The number of fused-ring (bicyclic) bond motifs is 1. The number of carbonyl (C=O) groups is 1. The van der Waals surface area contributed by atoms with Gasteiger partial charge in [0.1, 0.15) is 11.3 Å². The first-order chi connectivity index (χ1) is 16.0. The molecule has 2 heterocycles. The Morgan fingerprint density at radius 2 is 1.88 bits per heavy atom. The van der Waals surface area contributed by atoms with Crippen LogP contribution >= 0.6 is 0 Å². The van der Waals surface area contributed by atoms with Crippen molar-refractivity contribution < 1.29 is 9.18 Å². The number of anilines is 1. The molecular weight excluding hydrogens is 415 g/mol. The van der Waals surface area contributed by atoms with E-state index in [1.165, 1.54) is 18.9 Å². The molecule has 2 saturated carbocycles. The highest BCUT2D eigenvalue weighted by Crippen LogP contribution is 2.48. The van der Waals surface area contributed by atoms with Crippen molar-refractivity contribution in [3.63, 3.8) is 0 Å². The topological polar surface area (TPSA) is 48.5 Å². The molecule has 1 aliphatic heterocycles. The Kier molecular flexibility index (Phi) is 4.87. The lowest BCUT2D eigenvalue weighted by atomic mass is 9.98. The van der Waals surface area contributed by atoms with E-state index in [-0.39, 0.29) is 11.7 Å². The average molecular weight is 445 g/mol. The van der Waals surface area contributed by atoms with Crippen LogP contribution in [0.1, 0.15) is 47.2 Å². The maximum absolute atomic E-state index is 14.3. The Morgan fingerprint density at radius 3 is 2.61 bits per heavy atom. The first-order valence-electron chi connectivity index (χ1n) is 12.0. The standard InChI is InChI=1S/C27H29FN4O/c1-18-4-5-20(32-15-13-31(14-16-32)19-6-7-19)17-22(18)26(33)30-27(10-11-27)23-8-9-24(28)25-21(23)3-2-12-29-25/h2-5,8-9,12,17,19H,6-7,10-11,13-16H2,1H3,(H,30,33). The number of piperazine rings is 1. The average Bonchev–Trinajstić information content (AvgIpc) is 3.76. The molecule has 3 aliphatic rings. The molecule has 2 aliphatic carbocycles. The van der Waals surface area contributed by atoms with Gasteiger partial charge in [0.15, 0.2) is 0 Å². The number of rotatable bonds is 5. The normalized spacial score (nSPS) is 20.1. The molecular formula is C27H29FN4O. The fourth-order valence-electron chi connectivity index (χ4n) is 5.26. The molecule has 0 spiro atoms. The SMILES string of the molecule is Cc1ccc(N2CCN(C3CC3)CC2)cc1C(=O)NC1(c2ccc(F)c3ncccc23)CC1. The van der Waals surface area contributed by atoms with Crippen molar-refractivity contribution in [2.75, 3.05) is 31.1 Å². The number of nitrogens with zero attached hydrogens (tertiary/aromatic N) is 3. The zero-order valence-corrected chi connectivity index (χ0v) is 19.0. The third-order valence-corrected chi connectivity index (χ3v) is 7.55. The van der Waals surface area contributed by atoms with E-state index >= 15 is 0 Å². The predicted octanol–water partition coefficient (Wildman–Crippen LogP) is 4.39. The lowest BCUT2D eigenvalue weighted by molar-refractivity contribution is 0.0930. The molecule has 6 rings (SSSR count). The molecule has 3 aromatic rings. The Labute approximate surface area is 193 Å². The third-order valence-electron chi connectivity index (χ3n) is 7.55. The van der Waals surface area contributed by atoms with Gasteiger partial charge in [0, 0.05) is 55.1 Å². The maximum atomic E-state index is 14.3. The highest BCUT2D eigenvalue weighted by atomic mass is 19.1. The van der Waals surface area contributed by atoms with Crippen molar-refractivity contribution in [3.8, 4) is 0 Å². The zero-order valence-electron chi connectivity index (χ0n) is 19.0. The van der Waals surface area contributed by atoms with Crippen molar-refractivity contribution >= 4 is 22.5 Å². The molecule has 5 nitrogen and oxygen atoms in total. The van der Waals surface area contributed by atoms with Crippen molar-refractivity contribution in [2.45, 2.75) is 44.2 Å². The van der Waals surface area contributed by atoms with Crippen LogP contribution in [0.2, 0.25) is 0 Å². The van der Waals surface area contributed by atoms with Crippen LogP contribution in [-0.4, -0.2) is 48.0 Å². The summed E-state index contributed by atoms with van der Waals surface area (Å²) in [4.78, 5) is 22.7. The fraction of sp³-hybridized carbons (Fsp3) is 0.407. The van der Waals surface area contributed by atoms with Gasteiger partial charge in [0.2, 0.25) is 0 Å². The van der Waals surface area contributed by atoms with Crippen molar-refractivity contribution in [2.24, 2.45) is 0 Å². The van der Waals surface area contributed by atoms with E-state index in [1.54, 1.807) is 12.3 Å². The second-order valence-corrected chi connectivity index (χ2v) is 9.78. The van der Waals surface area contributed by atoms with Gasteiger partial charge in [-0.25, -0.2) is 4.39 Å². The van der Waals surface area contributed by atoms with E-state index in [1.807, 2.05) is 31.2 Å². The van der Waals surface area contributed by atoms with Crippen LogP contribution in [-0.2, 0) is 5.54 Å². The van der Waals surface area contributed by atoms with Gasteiger partial charge in [-0.2, -0.15) is 0 Å². The molecule has 0 atom stereocenters. The van der Waals surface area contributed by atoms with E-state index in [0.717, 1.165) is 67.3 Å². The number of halogens is 1. The molecule has 1 saturated heterocycles. The zero-order chi connectivity index (χ0) is 22.6. The molecule has 2 aromatic carbocycles.